The fourth-order valence-corrected chi connectivity index (χ4v) is 2.03. The number of rotatable bonds is 3. The molecule has 0 nitrogen and oxygen atoms in total. The van der Waals surface area contributed by atoms with Crippen molar-refractivity contribution in [3.63, 3.8) is 0 Å². The minimum Gasteiger partial charge on any atom is -0.103 e. The molecule has 2 rings (SSSR count). The highest BCUT2D eigenvalue weighted by molar-refractivity contribution is 5.15. The lowest BCUT2D eigenvalue weighted by atomic mass is 10.1. The molecule has 0 radical (unpaired) electrons. The summed E-state index contributed by atoms with van der Waals surface area (Å²) in [6, 6.07) is 0. The van der Waals surface area contributed by atoms with Crippen molar-refractivity contribution in [2.75, 3.05) is 0 Å². The zero-order valence-electron chi connectivity index (χ0n) is 8.89. The Morgan fingerprint density at radius 3 is 2.62 bits per heavy atom. The first kappa shape index (κ1) is 10.6. The Balaban J connectivity index is 0.000000133. The second-order valence-corrected chi connectivity index (χ2v) is 4.14. The van der Waals surface area contributed by atoms with Gasteiger partial charge in [-0.05, 0) is 38.0 Å². The quantitative estimate of drug-likeness (QED) is 0.441. The number of hydrogen-bond acceptors (Lipinski definition) is 0. The lowest BCUT2D eigenvalue weighted by Crippen LogP contribution is -1.85. The van der Waals surface area contributed by atoms with E-state index in [0.29, 0.717) is 0 Å². The SMILES string of the molecule is C1=C2CCC(C1)C2.C=CCCCC. The maximum atomic E-state index is 3.60. The summed E-state index contributed by atoms with van der Waals surface area (Å²) in [6.07, 6.45) is 13.9. The average molecular weight is 178 g/mol. The smallest absolute Gasteiger partial charge is 0.0289 e. The van der Waals surface area contributed by atoms with E-state index < -0.39 is 0 Å². The fraction of sp³-hybridized carbons (Fsp3) is 0.692. The highest BCUT2D eigenvalue weighted by Gasteiger charge is 2.22. The summed E-state index contributed by atoms with van der Waals surface area (Å²) in [5.74, 6) is 1.08. The van der Waals surface area contributed by atoms with Crippen LogP contribution in [-0.4, -0.2) is 0 Å². The Bertz CT molecular complexity index is 176. The van der Waals surface area contributed by atoms with Crippen LogP contribution < -0.4 is 0 Å². The van der Waals surface area contributed by atoms with Crippen LogP contribution in [0.4, 0.5) is 0 Å². The molecule has 1 fully saturated rings. The lowest BCUT2D eigenvalue weighted by Gasteiger charge is -1.98. The summed E-state index contributed by atoms with van der Waals surface area (Å²) in [7, 11) is 0. The Kier molecular flexibility index (Phi) is 4.88. The predicted molar refractivity (Wildman–Crippen MR) is 59.8 cm³/mol. The predicted octanol–water partition coefficient (Wildman–Crippen LogP) is 4.48. The van der Waals surface area contributed by atoms with Gasteiger partial charge < -0.3 is 0 Å². The Morgan fingerprint density at radius 2 is 2.46 bits per heavy atom. The average Bonchev–Trinajstić information content (AvgIpc) is 2.79. The molecule has 0 aromatic heterocycles. The monoisotopic (exact) mass is 178 g/mol. The van der Waals surface area contributed by atoms with E-state index >= 15 is 0 Å². The van der Waals surface area contributed by atoms with Crippen molar-refractivity contribution in [2.45, 2.75) is 51.9 Å². The van der Waals surface area contributed by atoms with Gasteiger partial charge in [0, 0.05) is 0 Å². The maximum Gasteiger partial charge on any atom is -0.0289 e. The maximum absolute atomic E-state index is 3.60. The van der Waals surface area contributed by atoms with Crippen LogP contribution >= 0.6 is 0 Å². The molecule has 0 aromatic carbocycles. The topological polar surface area (TPSA) is 0 Å². The van der Waals surface area contributed by atoms with Gasteiger partial charge in [0.1, 0.15) is 0 Å². The first-order chi connectivity index (χ1) is 6.36. The number of unbranched alkanes of at least 4 members (excludes halogenated alkanes) is 2. The molecular weight excluding hydrogens is 156 g/mol. The normalized spacial score (nSPS) is 23.5. The van der Waals surface area contributed by atoms with Crippen LogP contribution in [0, 0.1) is 5.92 Å². The first-order valence-corrected chi connectivity index (χ1v) is 5.65. The summed E-state index contributed by atoms with van der Waals surface area (Å²) >= 11 is 0. The third kappa shape index (κ3) is 3.80. The van der Waals surface area contributed by atoms with Crippen molar-refractivity contribution in [2.24, 2.45) is 5.92 Å². The van der Waals surface area contributed by atoms with Crippen molar-refractivity contribution in [1.29, 1.82) is 0 Å². The zero-order chi connectivity index (χ0) is 9.52. The molecule has 1 saturated carbocycles. The molecule has 0 aliphatic heterocycles. The van der Waals surface area contributed by atoms with Crippen LogP contribution in [0.5, 0.6) is 0 Å². The van der Waals surface area contributed by atoms with E-state index in [-0.39, 0.29) is 0 Å². The van der Waals surface area contributed by atoms with Crippen LogP contribution in [0.1, 0.15) is 51.9 Å². The highest BCUT2D eigenvalue weighted by atomic mass is 14.3. The molecule has 1 unspecified atom stereocenters. The molecule has 2 aliphatic carbocycles. The first-order valence-electron chi connectivity index (χ1n) is 5.65. The summed E-state index contributed by atoms with van der Waals surface area (Å²) < 4.78 is 0. The van der Waals surface area contributed by atoms with Crippen LogP contribution in [0.2, 0.25) is 0 Å². The van der Waals surface area contributed by atoms with E-state index in [4.69, 9.17) is 0 Å². The second kappa shape index (κ2) is 6.01. The minimum absolute atomic E-state index is 1.08. The fourth-order valence-electron chi connectivity index (χ4n) is 2.03. The molecule has 2 bridgehead atoms. The van der Waals surface area contributed by atoms with Gasteiger partial charge in [-0.15, -0.1) is 6.58 Å². The van der Waals surface area contributed by atoms with Gasteiger partial charge in [-0.1, -0.05) is 37.5 Å². The molecule has 0 spiro atoms. The van der Waals surface area contributed by atoms with Crippen molar-refractivity contribution in [3.05, 3.63) is 24.3 Å². The molecule has 0 heterocycles. The molecule has 74 valence electrons. The molecule has 0 N–H and O–H groups in total. The van der Waals surface area contributed by atoms with E-state index in [1.165, 1.54) is 44.9 Å². The van der Waals surface area contributed by atoms with E-state index in [0.717, 1.165) is 5.92 Å². The Hall–Kier alpha value is -0.520. The Labute approximate surface area is 82.7 Å². The molecule has 0 aromatic rings. The molecule has 1 atom stereocenters. The number of fused-ring (bicyclic) bond motifs is 2. The van der Waals surface area contributed by atoms with Crippen LogP contribution in [0.25, 0.3) is 0 Å². The van der Waals surface area contributed by atoms with Crippen LogP contribution in [-0.2, 0) is 0 Å². The second-order valence-electron chi connectivity index (χ2n) is 4.14. The standard InChI is InChI=1S/C7H10.C6H12/c1-2-7-4-3-6(1)5-7;1-3-5-6-4-2/h1,7H,2-5H2;3H,1,4-6H2,2H3. The third-order valence-corrected chi connectivity index (χ3v) is 2.93. The lowest BCUT2D eigenvalue weighted by molar-refractivity contribution is 0.576. The Morgan fingerprint density at radius 1 is 1.62 bits per heavy atom. The third-order valence-electron chi connectivity index (χ3n) is 2.93. The summed E-state index contributed by atoms with van der Waals surface area (Å²) in [5, 5.41) is 0. The molecule has 0 saturated heterocycles. The molecule has 13 heavy (non-hydrogen) atoms. The molecule has 0 amide bonds. The molecular formula is C13H22. The summed E-state index contributed by atoms with van der Waals surface area (Å²) in [5.41, 5.74) is 1.74. The van der Waals surface area contributed by atoms with E-state index in [2.05, 4.69) is 19.6 Å². The highest BCUT2D eigenvalue weighted by Crippen LogP contribution is 2.38. The van der Waals surface area contributed by atoms with Gasteiger partial charge in [0.2, 0.25) is 0 Å². The van der Waals surface area contributed by atoms with Gasteiger partial charge in [-0.2, -0.15) is 0 Å². The van der Waals surface area contributed by atoms with Crippen molar-refractivity contribution in [1.82, 2.24) is 0 Å². The van der Waals surface area contributed by atoms with Crippen LogP contribution in [0.15, 0.2) is 24.3 Å². The molecule has 2 aliphatic rings. The van der Waals surface area contributed by atoms with Crippen molar-refractivity contribution < 1.29 is 0 Å². The van der Waals surface area contributed by atoms with E-state index in [9.17, 15) is 0 Å². The zero-order valence-corrected chi connectivity index (χ0v) is 8.89. The van der Waals surface area contributed by atoms with Gasteiger partial charge in [0.25, 0.3) is 0 Å². The molecule has 0 heteroatoms. The van der Waals surface area contributed by atoms with Gasteiger partial charge in [-0.25, -0.2) is 0 Å². The van der Waals surface area contributed by atoms with Gasteiger partial charge in [0.05, 0.1) is 0 Å². The number of hydrogen-bond donors (Lipinski definition) is 0. The van der Waals surface area contributed by atoms with E-state index in [1.54, 1.807) is 5.57 Å². The largest absolute Gasteiger partial charge is 0.103 e. The van der Waals surface area contributed by atoms with Gasteiger partial charge in [-0.3, -0.25) is 0 Å². The van der Waals surface area contributed by atoms with Crippen molar-refractivity contribution in [3.8, 4) is 0 Å². The van der Waals surface area contributed by atoms with Gasteiger partial charge >= 0.3 is 0 Å². The summed E-state index contributed by atoms with van der Waals surface area (Å²) in [4.78, 5) is 0. The minimum atomic E-state index is 1.08. The number of allylic oxidation sites excluding steroid dienone is 3. The van der Waals surface area contributed by atoms with Crippen LogP contribution in [0.3, 0.4) is 0 Å². The van der Waals surface area contributed by atoms with Gasteiger partial charge in [0.15, 0.2) is 0 Å². The van der Waals surface area contributed by atoms with Crippen molar-refractivity contribution >= 4 is 0 Å². The van der Waals surface area contributed by atoms with E-state index in [1.807, 2.05) is 6.08 Å². The summed E-state index contributed by atoms with van der Waals surface area (Å²) in [6.45, 7) is 5.78.